The third kappa shape index (κ3) is 16.8. The fourth-order valence-electron chi connectivity index (χ4n) is 10.4. The molecule has 2 bridgehead atoms. The summed E-state index contributed by atoms with van der Waals surface area (Å²) in [4.78, 5) is 0. The number of aromatic hydroxyl groups is 2. The predicted molar refractivity (Wildman–Crippen MR) is 314 cm³/mol. The minimum Gasteiger partial charge on any atom is -0.507 e. The van der Waals surface area contributed by atoms with E-state index < -0.39 is 0 Å². The molecule has 0 saturated heterocycles. The summed E-state index contributed by atoms with van der Waals surface area (Å²) in [6, 6.07) is 25.2. The first-order valence-corrected chi connectivity index (χ1v) is 28.3. The summed E-state index contributed by atoms with van der Waals surface area (Å²) in [5.74, 6) is 2.61. The maximum Gasteiger partial charge on any atom is 0.127 e. The standard InChI is InChI=1S/C34H38O4.C18H28.C17H28/c1-21-16-17-30(35)28(19-21)26-12-8-10-14-31(26)37-24(4)34(6,7)25(5)38-32-15-11-9-13-27(32)29-20-22(2)18-23(3)33(29)36;1-15-10-6-3-4-7-11-17-12-8-5-9-13-18(14-17)16(15)2;1-5-9-15-11-14(7-3)12-16(8-4)17(13-15)10-6-2/h8-20,24-25,35-36H,1-7H3;7,11,14,17H,3-6,8-10,12-13H2,1-2H3;12-13H,5-11H2,1-4H3/b;11-7+,16-15+,18-14?;/t24-,25?;;/m0../s1. The normalized spacial score (nSPS) is 18.8. The average molecular weight is 988 g/mol. The zero-order valence-electron chi connectivity index (χ0n) is 47.6. The highest BCUT2D eigenvalue weighted by Gasteiger charge is 2.36. The van der Waals surface area contributed by atoms with E-state index in [9.17, 15) is 10.2 Å². The molecular formula is C69H94O4. The maximum absolute atomic E-state index is 10.8. The van der Waals surface area contributed by atoms with E-state index >= 15 is 0 Å². The summed E-state index contributed by atoms with van der Waals surface area (Å²) in [7, 11) is 0. The molecule has 4 aromatic carbocycles. The van der Waals surface area contributed by atoms with Crippen LogP contribution >= 0.6 is 0 Å². The van der Waals surface area contributed by atoms with E-state index in [2.05, 4.69) is 92.7 Å². The van der Waals surface area contributed by atoms with Gasteiger partial charge in [0.05, 0.1) is 0 Å². The van der Waals surface area contributed by atoms with Gasteiger partial charge in [-0.3, -0.25) is 0 Å². The van der Waals surface area contributed by atoms with Gasteiger partial charge in [-0.15, -0.1) is 0 Å². The van der Waals surface area contributed by atoms with Crippen LogP contribution in [0.25, 0.3) is 22.3 Å². The number of hydrogen-bond donors (Lipinski definition) is 2. The number of aryl methyl sites for hydroxylation is 3. The molecule has 73 heavy (non-hydrogen) atoms. The lowest BCUT2D eigenvalue weighted by Crippen LogP contribution is -2.43. The van der Waals surface area contributed by atoms with Crippen LogP contribution in [0.15, 0.2) is 148 Å². The highest BCUT2D eigenvalue weighted by Crippen LogP contribution is 2.43. The molecule has 0 heterocycles. The van der Waals surface area contributed by atoms with Crippen LogP contribution < -0.4 is 9.47 Å². The van der Waals surface area contributed by atoms with Crippen molar-refractivity contribution in [1.29, 1.82) is 0 Å². The number of hydrogen-bond acceptors (Lipinski definition) is 4. The Bertz CT molecular complexity index is 2610. The molecule has 0 fully saturated rings. The average Bonchev–Trinajstić information content (AvgIpc) is 3.55. The Kier molecular flexibility index (Phi) is 23.1. The van der Waals surface area contributed by atoms with Crippen molar-refractivity contribution >= 4 is 0 Å². The lowest BCUT2D eigenvalue weighted by atomic mass is 9.82. The van der Waals surface area contributed by atoms with Crippen LogP contribution in [0.3, 0.4) is 0 Å². The molecule has 3 aliphatic carbocycles. The predicted octanol–water partition coefficient (Wildman–Crippen LogP) is 20.5. The number of rotatable bonds is 14. The van der Waals surface area contributed by atoms with Crippen LogP contribution in [0.1, 0.15) is 189 Å². The molecule has 2 N–H and O–H groups in total. The Morgan fingerprint density at radius 3 is 1.88 bits per heavy atom. The fourth-order valence-corrected chi connectivity index (χ4v) is 10.4. The molecule has 4 nitrogen and oxygen atoms in total. The van der Waals surface area contributed by atoms with Gasteiger partial charge in [-0.25, -0.2) is 0 Å². The summed E-state index contributed by atoms with van der Waals surface area (Å²) in [5, 5.41) is 21.3. The van der Waals surface area contributed by atoms with E-state index in [0.29, 0.717) is 17.4 Å². The molecule has 0 aromatic heterocycles. The van der Waals surface area contributed by atoms with Crippen molar-refractivity contribution in [2.24, 2.45) is 11.3 Å². The molecule has 7 rings (SSSR count). The molecule has 2 unspecified atom stereocenters. The van der Waals surface area contributed by atoms with Crippen LogP contribution in [-0.2, 0) is 0 Å². The zero-order chi connectivity index (χ0) is 53.1. The second kappa shape index (κ2) is 28.8. The molecule has 3 aliphatic rings. The number of ether oxygens (including phenoxy) is 2. The third-order valence-electron chi connectivity index (χ3n) is 15.8. The van der Waals surface area contributed by atoms with Crippen LogP contribution in [0.4, 0.5) is 0 Å². The van der Waals surface area contributed by atoms with Gasteiger partial charge >= 0.3 is 0 Å². The number of allylic oxidation sites excluding steroid dienone is 12. The van der Waals surface area contributed by atoms with Crippen molar-refractivity contribution in [3.05, 3.63) is 165 Å². The summed E-state index contributed by atoms with van der Waals surface area (Å²) >= 11 is 0. The van der Waals surface area contributed by atoms with E-state index in [1.54, 1.807) is 45.1 Å². The molecule has 0 amide bonds. The quantitative estimate of drug-likeness (QED) is 0.124. The van der Waals surface area contributed by atoms with Crippen LogP contribution in [0.2, 0.25) is 0 Å². The van der Waals surface area contributed by atoms with Crippen molar-refractivity contribution in [2.45, 2.75) is 205 Å². The Balaban J connectivity index is 0.000000234. The van der Waals surface area contributed by atoms with E-state index in [1.807, 2.05) is 100 Å². The summed E-state index contributed by atoms with van der Waals surface area (Å²) in [5.41, 5.74) is 17.1. The van der Waals surface area contributed by atoms with Crippen molar-refractivity contribution in [2.75, 3.05) is 0 Å². The van der Waals surface area contributed by atoms with Crippen LogP contribution in [0.5, 0.6) is 23.0 Å². The number of phenolic OH excluding ortho intramolecular Hbond substituents is 2. The smallest absolute Gasteiger partial charge is 0.127 e. The van der Waals surface area contributed by atoms with Crippen molar-refractivity contribution in [1.82, 2.24) is 0 Å². The van der Waals surface area contributed by atoms with Gasteiger partial charge in [0.2, 0.25) is 0 Å². The van der Waals surface area contributed by atoms with E-state index in [1.165, 1.54) is 103 Å². The maximum atomic E-state index is 10.8. The highest BCUT2D eigenvalue weighted by atomic mass is 16.5. The Labute approximate surface area is 444 Å². The highest BCUT2D eigenvalue weighted by molar-refractivity contribution is 5.78. The van der Waals surface area contributed by atoms with Gasteiger partial charge in [0.15, 0.2) is 0 Å². The first-order valence-electron chi connectivity index (χ1n) is 28.3. The summed E-state index contributed by atoms with van der Waals surface area (Å²) < 4.78 is 13.1. The van der Waals surface area contributed by atoms with Gasteiger partial charge in [-0.05, 0) is 195 Å². The van der Waals surface area contributed by atoms with Crippen LogP contribution in [-0.4, -0.2) is 22.4 Å². The van der Waals surface area contributed by atoms with Gasteiger partial charge in [-0.1, -0.05) is 168 Å². The largest absolute Gasteiger partial charge is 0.507 e. The third-order valence-corrected chi connectivity index (χ3v) is 15.8. The Morgan fingerprint density at radius 1 is 0.616 bits per heavy atom. The van der Waals surface area contributed by atoms with E-state index in [-0.39, 0.29) is 29.1 Å². The van der Waals surface area contributed by atoms with Gasteiger partial charge in [0.25, 0.3) is 0 Å². The molecule has 4 aromatic rings. The van der Waals surface area contributed by atoms with E-state index in [4.69, 9.17) is 9.47 Å². The summed E-state index contributed by atoms with van der Waals surface area (Å²) in [6.45, 7) is 28.1. The minimum atomic E-state index is -0.389. The monoisotopic (exact) mass is 987 g/mol. The molecule has 4 heteroatoms. The number of benzene rings is 4. The second-order valence-corrected chi connectivity index (χ2v) is 21.9. The molecule has 394 valence electrons. The Hall–Kier alpha value is -5.48. The summed E-state index contributed by atoms with van der Waals surface area (Å²) in [6.07, 6.45) is 32.7. The van der Waals surface area contributed by atoms with Gasteiger partial charge in [0.1, 0.15) is 35.2 Å². The molecular weight excluding hydrogens is 893 g/mol. The van der Waals surface area contributed by atoms with Gasteiger partial charge in [0, 0.05) is 27.7 Å². The molecule has 0 saturated carbocycles. The van der Waals surface area contributed by atoms with E-state index in [0.717, 1.165) is 38.9 Å². The minimum absolute atomic E-state index is 0.215. The molecule has 0 aliphatic heterocycles. The van der Waals surface area contributed by atoms with Gasteiger partial charge in [-0.2, -0.15) is 0 Å². The Morgan fingerprint density at radius 2 is 1.23 bits per heavy atom. The van der Waals surface area contributed by atoms with Crippen molar-refractivity contribution in [3.63, 3.8) is 0 Å². The van der Waals surface area contributed by atoms with Crippen molar-refractivity contribution in [3.8, 4) is 45.3 Å². The van der Waals surface area contributed by atoms with Crippen molar-refractivity contribution < 1.29 is 19.7 Å². The SMILES string of the molecule is C/C1=C(/C)C2=CC(/C=C/CCCC1)CCCCC2.CCCC1=CC(CCC)=C(CC)C=C(CC)C1.Cc1ccc(O)c(-c2ccccc2O[C@@H](C)C(C)(C)C(C)Oc2ccccc2-c2cc(C)cc(C)c2O)c1. The topological polar surface area (TPSA) is 58.9 Å². The first kappa shape index (κ1) is 58.4. The molecule has 3 atom stereocenters. The number of para-hydroxylation sites is 2. The van der Waals surface area contributed by atoms with Crippen LogP contribution in [0, 0.1) is 32.1 Å². The fraction of sp³-hybridized carbons (Fsp3) is 0.478. The first-order chi connectivity index (χ1) is 35.0. The molecule has 0 spiro atoms. The zero-order valence-corrected chi connectivity index (χ0v) is 47.6. The lowest BCUT2D eigenvalue weighted by molar-refractivity contribution is -0.00280. The second-order valence-electron chi connectivity index (χ2n) is 21.9. The number of phenols is 2. The lowest BCUT2D eigenvalue weighted by Gasteiger charge is -2.38. The van der Waals surface area contributed by atoms with Gasteiger partial charge < -0.3 is 19.7 Å². The molecule has 0 radical (unpaired) electrons. The number of fused-ring (bicyclic) bond motifs is 1.